The van der Waals surface area contributed by atoms with Crippen molar-refractivity contribution in [2.24, 2.45) is 0 Å². The zero-order chi connectivity index (χ0) is 16.3. The van der Waals surface area contributed by atoms with E-state index < -0.39 is 5.54 Å². The van der Waals surface area contributed by atoms with E-state index in [9.17, 15) is 4.79 Å². The fourth-order valence-electron chi connectivity index (χ4n) is 2.31. The summed E-state index contributed by atoms with van der Waals surface area (Å²) < 4.78 is 5.15. The van der Waals surface area contributed by atoms with Gasteiger partial charge in [0.25, 0.3) is 0 Å². The summed E-state index contributed by atoms with van der Waals surface area (Å²) in [4.78, 5) is 16.6. The molecule has 0 amide bonds. The van der Waals surface area contributed by atoms with Crippen LogP contribution in [0.5, 0.6) is 0 Å². The minimum Gasteiger partial charge on any atom is -0.465 e. The second-order valence-electron chi connectivity index (χ2n) is 6.00. The molecule has 21 heavy (non-hydrogen) atoms. The third-order valence-electron chi connectivity index (χ3n) is 3.96. The highest BCUT2D eigenvalue weighted by atomic mass is 16.5. The first-order valence-electron chi connectivity index (χ1n) is 8.12. The van der Waals surface area contributed by atoms with E-state index in [0.717, 1.165) is 39.0 Å². The molecule has 0 aliphatic carbocycles. The van der Waals surface area contributed by atoms with Gasteiger partial charge in [-0.3, -0.25) is 4.79 Å². The summed E-state index contributed by atoms with van der Waals surface area (Å²) in [6, 6.07) is 0. The van der Waals surface area contributed by atoms with Crippen LogP contribution in [-0.2, 0) is 9.53 Å². The summed E-state index contributed by atoms with van der Waals surface area (Å²) in [6.45, 7) is 10.7. The highest BCUT2D eigenvalue weighted by molar-refractivity contribution is 5.80. The second-order valence-corrected chi connectivity index (χ2v) is 6.00. The van der Waals surface area contributed by atoms with Crippen LogP contribution in [0.2, 0.25) is 0 Å². The Bertz CT molecular complexity index is 285. The summed E-state index contributed by atoms with van der Waals surface area (Å²) in [5.41, 5.74) is -0.570. The van der Waals surface area contributed by atoms with E-state index in [1.54, 1.807) is 0 Å². The fraction of sp³-hybridized carbons (Fsp3) is 0.938. The normalized spacial score (nSPS) is 14.5. The van der Waals surface area contributed by atoms with Crippen LogP contribution < -0.4 is 5.32 Å². The number of nitrogens with one attached hydrogen (secondary N) is 1. The van der Waals surface area contributed by atoms with E-state index >= 15 is 0 Å². The molecular weight excluding hydrogens is 266 g/mol. The van der Waals surface area contributed by atoms with Gasteiger partial charge in [-0.1, -0.05) is 6.92 Å². The van der Waals surface area contributed by atoms with Crippen LogP contribution in [0, 0.1) is 0 Å². The molecule has 0 spiro atoms. The van der Waals surface area contributed by atoms with Crippen molar-refractivity contribution in [3.05, 3.63) is 0 Å². The van der Waals surface area contributed by atoms with Crippen LogP contribution in [-0.4, -0.2) is 75.2 Å². The molecule has 5 heteroatoms. The van der Waals surface area contributed by atoms with Gasteiger partial charge in [-0.15, -0.1) is 0 Å². The van der Waals surface area contributed by atoms with Crippen LogP contribution in [0.3, 0.4) is 0 Å². The van der Waals surface area contributed by atoms with Gasteiger partial charge in [0, 0.05) is 0 Å². The van der Waals surface area contributed by atoms with Crippen LogP contribution in [0.15, 0.2) is 0 Å². The lowest BCUT2D eigenvalue weighted by Crippen LogP contribution is -2.49. The Morgan fingerprint density at radius 2 is 1.76 bits per heavy atom. The lowest BCUT2D eigenvalue weighted by Gasteiger charge is -2.28. The van der Waals surface area contributed by atoms with E-state index in [2.05, 4.69) is 36.1 Å². The molecule has 0 fully saturated rings. The minimum absolute atomic E-state index is 0.150. The lowest BCUT2D eigenvalue weighted by atomic mass is 9.96. The Morgan fingerprint density at radius 3 is 2.24 bits per heavy atom. The van der Waals surface area contributed by atoms with Gasteiger partial charge in [0.15, 0.2) is 0 Å². The molecule has 0 radical (unpaired) electrons. The highest BCUT2D eigenvalue weighted by Gasteiger charge is 2.32. The molecule has 1 N–H and O–H groups in total. The summed E-state index contributed by atoms with van der Waals surface area (Å²) >= 11 is 0. The van der Waals surface area contributed by atoms with Crippen LogP contribution in [0.4, 0.5) is 0 Å². The summed E-state index contributed by atoms with van der Waals surface area (Å²) in [6.07, 6.45) is 2.97. The molecule has 0 aromatic rings. The largest absolute Gasteiger partial charge is 0.465 e. The maximum Gasteiger partial charge on any atom is 0.326 e. The standard InChI is InChI=1S/C16H35N3O2/c1-7-19(14-10-12-18(5)6)13-9-11-16(3,17-4)15(20)21-8-2/h17H,7-14H2,1-6H3. The molecule has 0 saturated carbocycles. The second kappa shape index (κ2) is 11.0. The van der Waals surface area contributed by atoms with Crippen molar-refractivity contribution < 1.29 is 9.53 Å². The Hall–Kier alpha value is -0.650. The average molecular weight is 301 g/mol. The number of hydrogen-bond acceptors (Lipinski definition) is 5. The summed E-state index contributed by atoms with van der Waals surface area (Å²) in [5.74, 6) is -0.150. The van der Waals surface area contributed by atoms with Crippen molar-refractivity contribution in [1.82, 2.24) is 15.1 Å². The average Bonchev–Trinajstić information content (AvgIpc) is 2.45. The van der Waals surface area contributed by atoms with Crippen molar-refractivity contribution in [3.63, 3.8) is 0 Å². The number of ether oxygens (including phenoxy) is 1. The predicted octanol–water partition coefficient (Wildman–Crippen LogP) is 1.58. The number of esters is 1. The molecule has 5 nitrogen and oxygen atoms in total. The fourth-order valence-corrected chi connectivity index (χ4v) is 2.31. The van der Waals surface area contributed by atoms with Gasteiger partial charge in [0.05, 0.1) is 6.61 Å². The van der Waals surface area contributed by atoms with Crippen molar-refractivity contribution in [2.75, 3.05) is 53.9 Å². The Balaban J connectivity index is 4.13. The Labute approximate surface area is 131 Å². The molecule has 0 bridgehead atoms. The number of rotatable bonds is 12. The maximum atomic E-state index is 12.0. The zero-order valence-corrected chi connectivity index (χ0v) is 14.9. The van der Waals surface area contributed by atoms with Crippen molar-refractivity contribution >= 4 is 5.97 Å². The van der Waals surface area contributed by atoms with Gasteiger partial charge >= 0.3 is 5.97 Å². The summed E-state index contributed by atoms with van der Waals surface area (Å²) in [7, 11) is 6.04. The molecule has 0 saturated heterocycles. The topological polar surface area (TPSA) is 44.8 Å². The number of carbonyl (C=O) groups is 1. The number of hydrogen-bond donors (Lipinski definition) is 1. The summed E-state index contributed by atoms with van der Waals surface area (Å²) in [5, 5.41) is 3.11. The van der Waals surface area contributed by atoms with Crippen molar-refractivity contribution in [3.8, 4) is 0 Å². The Morgan fingerprint density at radius 1 is 1.14 bits per heavy atom. The van der Waals surface area contributed by atoms with Gasteiger partial charge < -0.3 is 19.9 Å². The van der Waals surface area contributed by atoms with Crippen LogP contribution >= 0.6 is 0 Å². The SMILES string of the molecule is CCOC(=O)C(C)(CCCN(CC)CCCN(C)C)NC. The highest BCUT2D eigenvalue weighted by Crippen LogP contribution is 2.14. The molecule has 1 unspecified atom stereocenters. The first kappa shape index (κ1) is 20.3. The number of carbonyl (C=O) groups excluding carboxylic acids is 1. The zero-order valence-electron chi connectivity index (χ0n) is 14.9. The smallest absolute Gasteiger partial charge is 0.326 e. The van der Waals surface area contributed by atoms with Crippen LogP contribution in [0.1, 0.15) is 40.0 Å². The molecule has 0 aromatic carbocycles. The van der Waals surface area contributed by atoms with E-state index in [1.165, 1.54) is 6.42 Å². The van der Waals surface area contributed by atoms with Crippen LogP contribution in [0.25, 0.3) is 0 Å². The van der Waals surface area contributed by atoms with Gasteiger partial charge in [0.2, 0.25) is 0 Å². The quantitative estimate of drug-likeness (QED) is 0.555. The van der Waals surface area contributed by atoms with E-state index in [1.807, 2.05) is 20.9 Å². The van der Waals surface area contributed by atoms with Gasteiger partial charge in [-0.2, -0.15) is 0 Å². The lowest BCUT2D eigenvalue weighted by molar-refractivity contribution is -0.150. The Kier molecular flexibility index (Phi) is 10.6. The first-order valence-corrected chi connectivity index (χ1v) is 8.12. The van der Waals surface area contributed by atoms with Crippen molar-refractivity contribution in [2.45, 2.75) is 45.6 Å². The van der Waals surface area contributed by atoms with Crippen molar-refractivity contribution in [1.29, 1.82) is 0 Å². The number of likely N-dealkylation sites (N-methyl/N-ethyl adjacent to an activating group) is 1. The monoisotopic (exact) mass is 301 g/mol. The van der Waals surface area contributed by atoms with Gasteiger partial charge in [-0.05, 0) is 80.4 Å². The van der Waals surface area contributed by atoms with Gasteiger partial charge in [-0.25, -0.2) is 0 Å². The van der Waals surface area contributed by atoms with Gasteiger partial charge in [0.1, 0.15) is 5.54 Å². The minimum atomic E-state index is -0.570. The third-order valence-corrected chi connectivity index (χ3v) is 3.96. The first-order chi connectivity index (χ1) is 9.89. The molecule has 126 valence electrons. The number of nitrogens with zero attached hydrogens (tertiary/aromatic N) is 2. The van der Waals surface area contributed by atoms with E-state index in [0.29, 0.717) is 6.61 Å². The van der Waals surface area contributed by atoms with E-state index in [4.69, 9.17) is 4.74 Å². The predicted molar refractivity (Wildman–Crippen MR) is 88.6 cm³/mol. The molecule has 0 aromatic heterocycles. The maximum absolute atomic E-state index is 12.0. The molecular formula is C16H35N3O2. The molecule has 1 atom stereocenters. The molecule has 0 aliphatic heterocycles. The molecule has 0 aliphatic rings. The van der Waals surface area contributed by atoms with E-state index in [-0.39, 0.29) is 5.97 Å². The molecule has 0 heterocycles. The molecule has 0 rings (SSSR count). The third kappa shape index (κ3) is 8.39.